The van der Waals surface area contributed by atoms with Gasteiger partial charge in [0, 0.05) is 29.2 Å². The molecule has 0 aromatic heterocycles. The fraction of sp³-hybridized carbons (Fsp3) is 0.200. The first-order valence-electron chi connectivity index (χ1n) is 10.0. The average Bonchev–Trinajstić information content (AvgIpc) is 3.49. The molecule has 0 saturated heterocycles. The first-order valence-corrected chi connectivity index (χ1v) is 10.4. The van der Waals surface area contributed by atoms with Crippen molar-refractivity contribution in [3.8, 4) is 0 Å². The number of halogens is 1. The number of carbonyl (C=O) groups is 2. The Balaban J connectivity index is 1.49. The molecule has 1 aliphatic carbocycles. The predicted molar refractivity (Wildman–Crippen MR) is 118 cm³/mol. The van der Waals surface area contributed by atoms with E-state index in [0.29, 0.717) is 17.1 Å². The van der Waals surface area contributed by atoms with Crippen molar-refractivity contribution in [3.63, 3.8) is 0 Å². The summed E-state index contributed by atoms with van der Waals surface area (Å²) in [7, 11) is 1.61. The van der Waals surface area contributed by atoms with Gasteiger partial charge in [-0.15, -0.1) is 0 Å². The van der Waals surface area contributed by atoms with Gasteiger partial charge in [-0.2, -0.15) is 0 Å². The third-order valence-corrected chi connectivity index (χ3v) is 6.54. The van der Waals surface area contributed by atoms with Crippen LogP contribution in [-0.4, -0.2) is 18.9 Å². The van der Waals surface area contributed by atoms with Crippen LogP contribution in [0.15, 0.2) is 72.8 Å². The zero-order valence-electron chi connectivity index (χ0n) is 16.6. The number of fused-ring (bicyclic) bond motifs is 2. The van der Waals surface area contributed by atoms with Crippen LogP contribution >= 0.6 is 11.6 Å². The molecule has 30 heavy (non-hydrogen) atoms. The van der Waals surface area contributed by atoms with Gasteiger partial charge in [-0.1, -0.05) is 54.1 Å². The zero-order valence-corrected chi connectivity index (χ0v) is 17.3. The Morgan fingerprint density at radius 3 is 2.63 bits per heavy atom. The van der Waals surface area contributed by atoms with Gasteiger partial charge >= 0.3 is 0 Å². The molecule has 0 bridgehead atoms. The Hall–Kier alpha value is -3.11. The molecule has 5 heteroatoms. The number of carbonyl (C=O) groups excluding carboxylic acids is 2. The molecule has 2 atom stereocenters. The largest absolute Gasteiger partial charge is 0.355 e. The highest BCUT2D eigenvalue weighted by Gasteiger charge is 2.66. The zero-order chi connectivity index (χ0) is 20.9. The maximum atomic E-state index is 13.7. The van der Waals surface area contributed by atoms with Crippen LogP contribution in [-0.2, 0) is 16.8 Å². The standard InChI is InChI=1S/C25H21ClN2O2/c1-27-23(29)18-6-4-5-16(13-18)15-28-22-8-3-2-7-20(22)25(24(28)30)14-21(25)17-9-11-19(26)12-10-17/h2-13,21H,14-15H2,1H3,(H,27,29). The summed E-state index contributed by atoms with van der Waals surface area (Å²) in [6, 6.07) is 23.3. The molecule has 2 aliphatic rings. The molecule has 2 unspecified atom stereocenters. The van der Waals surface area contributed by atoms with Gasteiger partial charge in [0.25, 0.3) is 5.91 Å². The van der Waals surface area contributed by atoms with Crippen LogP contribution in [0.25, 0.3) is 0 Å². The third kappa shape index (κ3) is 2.83. The van der Waals surface area contributed by atoms with E-state index in [9.17, 15) is 9.59 Å². The third-order valence-electron chi connectivity index (χ3n) is 6.29. The molecule has 1 aliphatic heterocycles. The molecule has 3 aromatic carbocycles. The number of nitrogens with one attached hydrogen (secondary N) is 1. The summed E-state index contributed by atoms with van der Waals surface area (Å²) in [6.07, 6.45) is 0.805. The lowest BCUT2D eigenvalue weighted by molar-refractivity contribution is -0.120. The van der Waals surface area contributed by atoms with Crippen molar-refractivity contribution < 1.29 is 9.59 Å². The number of benzene rings is 3. The van der Waals surface area contributed by atoms with Crippen molar-refractivity contribution in [2.45, 2.75) is 24.3 Å². The predicted octanol–water partition coefficient (Wildman–Crippen LogP) is 4.67. The number of rotatable bonds is 4. The Morgan fingerprint density at radius 1 is 1.10 bits per heavy atom. The molecular formula is C25H21ClN2O2. The van der Waals surface area contributed by atoms with Crippen LogP contribution in [0.1, 0.15) is 39.4 Å². The lowest BCUT2D eigenvalue weighted by atomic mass is 9.92. The van der Waals surface area contributed by atoms with Crippen LogP contribution in [0.5, 0.6) is 0 Å². The van der Waals surface area contributed by atoms with Gasteiger partial charge in [-0.25, -0.2) is 0 Å². The molecule has 150 valence electrons. The molecule has 0 radical (unpaired) electrons. The Bertz CT molecular complexity index is 1160. The van der Waals surface area contributed by atoms with Gasteiger partial charge in [-0.05, 0) is 53.4 Å². The Kier molecular flexibility index (Phi) is 4.40. The summed E-state index contributed by atoms with van der Waals surface area (Å²) in [4.78, 5) is 27.6. The summed E-state index contributed by atoms with van der Waals surface area (Å²) in [5.74, 6) is 0.158. The van der Waals surface area contributed by atoms with Gasteiger partial charge in [0.2, 0.25) is 5.91 Å². The van der Waals surface area contributed by atoms with Crippen molar-refractivity contribution in [1.29, 1.82) is 0 Å². The van der Waals surface area contributed by atoms with Crippen LogP contribution in [0, 0.1) is 0 Å². The lowest BCUT2D eigenvalue weighted by Gasteiger charge is -2.19. The van der Waals surface area contributed by atoms with E-state index in [0.717, 1.165) is 28.8 Å². The van der Waals surface area contributed by atoms with Gasteiger partial charge in [0.1, 0.15) is 0 Å². The smallest absolute Gasteiger partial charge is 0.251 e. The molecule has 2 amide bonds. The molecule has 1 fully saturated rings. The second-order valence-corrected chi connectivity index (χ2v) is 8.40. The fourth-order valence-electron chi connectivity index (χ4n) is 4.74. The lowest BCUT2D eigenvalue weighted by Crippen LogP contribution is -2.32. The maximum Gasteiger partial charge on any atom is 0.251 e. The highest BCUT2D eigenvalue weighted by atomic mass is 35.5. The van der Waals surface area contributed by atoms with E-state index in [1.807, 2.05) is 65.6 Å². The summed E-state index contributed by atoms with van der Waals surface area (Å²) in [5, 5.41) is 3.35. The number of hydrogen-bond donors (Lipinski definition) is 1. The van der Waals surface area contributed by atoms with Crippen LogP contribution in [0.3, 0.4) is 0 Å². The average molecular weight is 417 g/mol. The fourth-order valence-corrected chi connectivity index (χ4v) is 4.87. The maximum absolute atomic E-state index is 13.7. The quantitative estimate of drug-likeness (QED) is 0.671. The highest BCUT2D eigenvalue weighted by molar-refractivity contribution is 6.30. The van der Waals surface area contributed by atoms with E-state index >= 15 is 0 Å². The molecule has 4 nitrogen and oxygen atoms in total. The van der Waals surface area contributed by atoms with Gasteiger partial charge in [0.15, 0.2) is 0 Å². The van der Waals surface area contributed by atoms with Crippen molar-refractivity contribution in [1.82, 2.24) is 5.32 Å². The number of amides is 2. The minimum absolute atomic E-state index is 0.133. The number of hydrogen-bond acceptors (Lipinski definition) is 2. The van der Waals surface area contributed by atoms with Crippen molar-refractivity contribution in [3.05, 3.63) is 100 Å². The SMILES string of the molecule is CNC(=O)c1cccc(CN2C(=O)C3(CC3c3ccc(Cl)cc3)c3ccccc32)c1. The van der Waals surface area contributed by atoms with E-state index < -0.39 is 5.41 Å². The van der Waals surface area contributed by atoms with Crippen molar-refractivity contribution in [2.75, 3.05) is 11.9 Å². The summed E-state index contributed by atoms with van der Waals surface area (Å²) in [5.41, 5.74) is 4.23. The molecule has 5 rings (SSSR count). The summed E-state index contributed by atoms with van der Waals surface area (Å²) < 4.78 is 0. The molecular weight excluding hydrogens is 396 g/mol. The first kappa shape index (κ1) is 18.9. The Labute approximate surface area is 180 Å². The van der Waals surface area contributed by atoms with Gasteiger partial charge < -0.3 is 10.2 Å². The molecule has 1 heterocycles. The van der Waals surface area contributed by atoms with Crippen LogP contribution < -0.4 is 10.2 Å². The highest BCUT2D eigenvalue weighted by Crippen LogP contribution is 2.66. The summed E-state index contributed by atoms with van der Waals surface area (Å²) >= 11 is 6.05. The number of para-hydroxylation sites is 1. The van der Waals surface area contributed by atoms with Gasteiger partial charge in [0.05, 0.1) is 12.0 Å². The van der Waals surface area contributed by atoms with E-state index in [2.05, 4.69) is 11.4 Å². The number of anilines is 1. The molecule has 3 aromatic rings. The van der Waals surface area contributed by atoms with Crippen LogP contribution in [0.2, 0.25) is 5.02 Å². The van der Waals surface area contributed by atoms with Crippen molar-refractivity contribution >= 4 is 29.1 Å². The summed E-state index contributed by atoms with van der Waals surface area (Å²) in [6.45, 7) is 0.440. The van der Waals surface area contributed by atoms with Gasteiger partial charge in [-0.3, -0.25) is 9.59 Å². The second kappa shape index (κ2) is 6.99. The van der Waals surface area contributed by atoms with Crippen molar-refractivity contribution in [2.24, 2.45) is 0 Å². The molecule has 1 saturated carbocycles. The van der Waals surface area contributed by atoms with Crippen LogP contribution in [0.4, 0.5) is 5.69 Å². The van der Waals surface area contributed by atoms with E-state index in [-0.39, 0.29) is 17.7 Å². The monoisotopic (exact) mass is 416 g/mol. The number of nitrogens with zero attached hydrogens (tertiary/aromatic N) is 1. The van der Waals surface area contributed by atoms with E-state index in [1.165, 1.54) is 0 Å². The Morgan fingerprint density at radius 2 is 1.87 bits per heavy atom. The van der Waals surface area contributed by atoms with E-state index in [1.54, 1.807) is 13.1 Å². The normalized spacial score (nSPS) is 21.6. The second-order valence-electron chi connectivity index (χ2n) is 7.97. The van der Waals surface area contributed by atoms with E-state index in [4.69, 9.17) is 11.6 Å². The molecule has 1 spiro atoms. The first-order chi connectivity index (χ1) is 14.5. The molecule has 1 N–H and O–H groups in total. The minimum atomic E-state index is -0.497. The minimum Gasteiger partial charge on any atom is -0.355 e. The topological polar surface area (TPSA) is 49.4 Å².